The lowest BCUT2D eigenvalue weighted by molar-refractivity contribution is -0.133. The Kier molecular flexibility index (Phi) is 8.64. The average molecular weight is 401 g/mol. The average Bonchev–Trinajstić information content (AvgIpc) is 2.91. The first-order valence-electron chi connectivity index (χ1n) is 8.61. The van der Waals surface area contributed by atoms with Crippen LogP contribution in [0.1, 0.15) is 47.2 Å². The first-order valence-corrected chi connectivity index (χ1v) is 9.49. The van der Waals surface area contributed by atoms with E-state index >= 15 is 0 Å². The summed E-state index contributed by atoms with van der Waals surface area (Å²) in [6.07, 6.45) is -0.537. The lowest BCUT2D eigenvalue weighted by Crippen LogP contribution is -2.41. The van der Waals surface area contributed by atoms with Gasteiger partial charge in [0.15, 0.2) is 5.13 Å². The van der Waals surface area contributed by atoms with Crippen molar-refractivity contribution in [3.63, 3.8) is 0 Å². The third kappa shape index (κ3) is 9.90. The van der Waals surface area contributed by atoms with E-state index in [4.69, 9.17) is 9.57 Å². The molecule has 0 spiro atoms. The monoisotopic (exact) mass is 400 g/mol. The zero-order valence-electron chi connectivity index (χ0n) is 16.5. The second-order valence-electron chi connectivity index (χ2n) is 7.35. The van der Waals surface area contributed by atoms with Crippen LogP contribution in [-0.2, 0) is 25.6 Å². The van der Waals surface area contributed by atoms with Crippen LogP contribution in [0.25, 0.3) is 0 Å². The van der Waals surface area contributed by atoms with Gasteiger partial charge >= 0.3 is 6.09 Å². The van der Waals surface area contributed by atoms with Crippen molar-refractivity contribution in [2.45, 2.75) is 59.6 Å². The molecule has 0 bridgehead atoms. The second-order valence-corrected chi connectivity index (χ2v) is 8.21. The van der Waals surface area contributed by atoms with Gasteiger partial charge in [0.1, 0.15) is 5.60 Å². The molecule has 3 amide bonds. The number of aromatic nitrogens is 1. The van der Waals surface area contributed by atoms with Crippen LogP contribution in [0.3, 0.4) is 0 Å². The molecule has 0 aromatic carbocycles. The minimum absolute atomic E-state index is 0.0158. The largest absolute Gasteiger partial charge is 0.444 e. The molecule has 0 aliphatic heterocycles. The Morgan fingerprint density at radius 1 is 1.22 bits per heavy atom. The van der Waals surface area contributed by atoms with E-state index in [-0.39, 0.29) is 36.8 Å². The Bertz CT molecular complexity index is 654. The second kappa shape index (κ2) is 10.2. The van der Waals surface area contributed by atoms with E-state index < -0.39 is 11.7 Å². The Hall–Kier alpha value is -2.20. The highest BCUT2D eigenvalue weighted by Gasteiger charge is 2.18. The predicted molar refractivity (Wildman–Crippen MR) is 102 cm³/mol. The molecule has 10 heteroatoms. The summed E-state index contributed by atoms with van der Waals surface area (Å²) in [6.45, 7) is 10.7. The summed E-state index contributed by atoms with van der Waals surface area (Å²) in [6, 6.07) is -0.350. The standard InChI is InChI=1S/C17H28N4O5S/c1-10(2)14(23)20-15-19-12(9-27-15)7-13(22)21-25-8-11(3)18-16(24)26-17(4,5)6/h9-11H,7-8H2,1-6H3,(H,18,24)(H,21,22)(H,19,20,23)/t11-/m1/s1. The first kappa shape index (κ1) is 22.8. The molecular formula is C17H28N4O5S. The summed E-state index contributed by atoms with van der Waals surface area (Å²) >= 11 is 1.25. The van der Waals surface area contributed by atoms with Gasteiger partial charge in [-0.3, -0.25) is 14.4 Å². The van der Waals surface area contributed by atoms with Crippen molar-refractivity contribution in [3.8, 4) is 0 Å². The van der Waals surface area contributed by atoms with E-state index in [2.05, 4.69) is 21.1 Å². The quantitative estimate of drug-likeness (QED) is 0.576. The smallest absolute Gasteiger partial charge is 0.407 e. The number of carbonyl (C=O) groups is 3. The highest BCUT2D eigenvalue weighted by atomic mass is 32.1. The highest BCUT2D eigenvalue weighted by Crippen LogP contribution is 2.16. The van der Waals surface area contributed by atoms with Gasteiger partial charge in [0.25, 0.3) is 0 Å². The van der Waals surface area contributed by atoms with Gasteiger partial charge in [-0.25, -0.2) is 15.3 Å². The molecule has 0 fully saturated rings. The Morgan fingerprint density at radius 2 is 1.89 bits per heavy atom. The van der Waals surface area contributed by atoms with E-state index in [9.17, 15) is 14.4 Å². The van der Waals surface area contributed by atoms with Crippen LogP contribution < -0.4 is 16.1 Å². The van der Waals surface area contributed by atoms with E-state index in [1.54, 1.807) is 46.9 Å². The summed E-state index contributed by atoms with van der Waals surface area (Å²) in [5.41, 5.74) is 2.24. The van der Waals surface area contributed by atoms with Crippen LogP contribution in [0.2, 0.25) is 0 Å². The summed E-state index contributed by atoms with van der Waals surface area (Å²) in [4.78, 5) is 44.4. The van der Waals surface area contributed by atoms with Crippen LogP contribution in [0.15, 0.2) is 5.38 Å². The molecule has 0 saturated heterocycles. The van der Waals surface area contributed by atoms with Gasteiger partial charge in [0, 0.05) is 11.3 Å². The van der Waals surface area contributed by atoms with Crippen molar-refractivity contribution in [1.29, 1.82) is 0 Å². The molecule has 27 heavy (non-hydrogen) atoms. The molecule has 1 heterocycles. The van der Waals surface area contributed by atoms with Gasteiger partial charge in [-0.1, -0.05) is 13.8 Å². The molecule has 1 aromatic rings. The number of hydroxylamine groups is 1. The molecule has 0 saturated carbocycles. The molecule has 152 valence electrons. The number of rotatable bonds is 8. The fourth-order valence-corrected chi connectivity index (χ4v) is 2.41. The number of anilines is 1. The van der Waals surface area contributed by atoms with Crippen molar-refractivity contribution in [1.82, 2.24) is 15.8 Å². The fraction of sp³-hybridized carbons (Fsp3) is 0.647. The first-order chi connectivity index (χ1) is 12.5. The highest BCUT2D eigenvalue weighted by molar-refractivity contribution is 7.13. The van der Waals surface area contributed by atoms with Gasteiger partial charge in [-0.15, -0.1) is 11.3 Å². The number of carbonyl (C=O) groups excluding carboxylic acids is 3. The fourth-order valence-electron chi connectivity index (χ4n) is 1.69. The van der Waals surface area contributed by atoms with Gasteiger partial charge < -0.3 is 15.4 Å². The molecule has 0 unspecified atom stereocenters. The van der Waals surface area contributed by atoms with E-state index in [1.807, 2.05) is 0 Å². The van der Waals surface area contributed by atoms with Crippen molar-refractivity contribution < 1.29 is 24.0 Å². The van der Waals surface area contributed by atoms with Crippen molar-refractivity contribution in [3.05, 3.63) is 11.1 Å². The number of ether oxygens (including phenoxy) is 1. The maximum atomic E-state index is 11.9. The number of alkyl carbamates (subject to hydrolysis) is 1. The molecule has 1 rings (SSSR count). The van der Waals surface area contributed by atoms with Crippen molar-refractivity contribution in [2.24, 2.45) is 5.92 Å². The van der Waals surface area contributed by atoms with Gasteiger partial charge in [0.2, 0.25) is 11.8 Å². The number of nitrogens with one attached hydrogen (secondary N) is 3. The predicted octanol–water partition coefficient (Wildman–Crippen LogP) is 2.24. The molecule has 3 N–H and O–H groups in total. The third-order valence-electron chi connectivity index (χ3n) is 2.93. The summed E-state index contributed by atoms with van der Waals surface area (Å²) in [5.74, 6) is -0.660. The molecule has 0 radical (unpaired) electrons. The van der Waals surface area contributed by atoms with Crippen LogP contribution in [0.5, 0.6) is 0 Å². The van der Waals surface area contributed by atoms with Crippen LogP contribution in [0.4, 0.5) is 9.93 Å². The van der Waals surface area contributed by atoms with Crippen molar-refractivity contribution >= 4 is 34.4 Å². The molecule has 0 aliphatic rings. The molecule has 9 nitrogen and oxygen atoms in total. The van der Waals surface area contributed by atoms with E-state index in [0.717, 1.165) is 0 Å². The Morgan fingerprint density at radius 3 is 2.48 bits per heavy atom. The normalized spacial score (nSPS) is 12.4. The number of hydrogen-bond donors (Lipinski definition) is 3. The number of amides is 3. The topological polar surface area (TPSA) is 119 Å². The SMILES string of the molecule is CC(C)C(=O)Nc1nc(CC(=O)NOC[C@@H](C)NC(=O)OC(C)(C)C)cs1. The molecular weight excluding hydrogens is 372 g/mol. The molecule has 0 aliphatic carbocycles. The van der Waals surface area contributed by atoms with Crippen molar-refractivity contribution in [2.75, 3.05) is 11.9 Å². The number of thiazole rings is 1. The van der Waals surface area contributed by atoms with E-state index in [0.29, 0.717) is 10.8 Å². The van der Waals surface area contributed by atoms with Crippen LogP contribution in [0, 0.1) is 5.92 Å². The van der Waals surface area contributed by atoms with E-state index in [1.165, 1.54) is 11.3 Å². The minimum atomic E-state index is -0.583. The third-order valence-corrected chi connectivity index (χ3v) is 3.74. The molecule has 1 aromatic heterocycles. The van der Waals surface area contributed by atoms with Gasteiger partial charge in [-0.05, 0) is 27.7 Å². The summed E-state index contributed by atoms with van der Waals surface area (Å²) in [5, 5.41) is 7.43. The van der Waals surface area contributed by atoms with Crippen LogP contribution >= 0.6 is 11.3 Å². The minimum Gasteiger partial charge on any atom is -0.444 e. The maximum Gasteiger partial charge on any atom is 0.407 e. The zero-order valence-corrected chi connectivity index (χ0v) is 17.4. The number of hydrogen-bond acceptors (Lipinski definition) is 7. The summed E-state index contributed by atoms with van der Waals surface area (Å²) < 4.78 is 5.13. The zero-order chi connectivity index (χ0) is 20.6. The van der Waals surface area contributed by atoms with Gasteiger partial charge in [0.05, 0.1) is 24.8 Å². The van der Waals surface area contributed by atoms with Gasteiger partial charge in [-0.2, -0.15) is 0 Å². The number of nitrogens with zero attached hydrogens (tertiary/aromatic N) is 1. The molecule has 1 atom stereocenters. The van der Waals surface area contributed by atoms with Crippen LogP contribution in [-0.4, -0.2) is 41.1 Å². The Balaban J connectivity index is 2.30. The lowest BCUT2D eigenvalue weighted by Gasteiger charge is -2.21. The Labute approximate surface area is 163 Å². The maximum absolute atomic E-state index is 11.9. The lowest BCUT2D eigenvalue weighted by atomic mass is 10.2. The summed E-state index contributed by atoms with van der Waals surface area (Å²) in [7, 11) is 0.